The van der Waals surface area contributed by atoms with Crippen LogP contribution in [0.15, 0.2) is 42.7 Å². The molecule has 1 aromatic carbocycles. The van der Waals surface area contributed by atoms with Crippen LogP contribution in [0.2, 0.25) is 0 Å². The molecule has 25 heavy (non-hydrogen) atoms. The molecule has 2 heterocycles. The number of rotatable bonds is 6. The molecule has 0 amide bonds. The summed E-state index contributed by atoms with van der Waals surface area (Å²) in [6, 6.07) is 8.58. The van der Waals surface area contributed by atoms with Crippen molar-refractivity contribution in [2.75, 3.05) is 16.8 Å². The maximum Gasteiger partial charge on any atom is 0.207 e. The monoisotopic (exact) mass is 340 g/mol. The van der Waals surface area contributed by atoms with Gasteiger partial charge in [-0.25, -0.2) is 9.97 Å². The Hall–Kier alpha value is -2.43. The number of nitrogens with one attached hydrogen (secondary N) is 1. The standard InChI is InChI=1S/C20H25FN4/c1-14(2)11-16-6-8-17(9-7-16)12-22-19-18(21)20(24-13-23-19)25-10-4-5-15(25)3/h6-9,13,15H,1,4-5,10-12H2,2-3H3,(H,22,23,24)/t15-/m1/s1. The Morgan fingerprint density at radius 2 is 2.00 bits per heavy atom. The average molecular weight is 340 g/mol. The normalized spacial score (nSPS) is 16.9. The van der Waals surface area contributed by atoms with Gasteiger partial charge in [0.15, 0.2) is 11.6 Å². The third-order valence-corrected chi connectivity index (χ3v) is 4.58. The van der Waals surface area contributed by atoms with Crippen molar-refractivity contribution in [1.29, 1.82) is 0 Å². The number of hydrogen-bond acceptors (Lipinski definition) is 4. The SMILES string of the molecule is C=C(C)Cc1ccc(CNc2ncnc(N3CCC[C@H]3C)c2F)cc1. The molecule has 4 nitrogen and oxygen atoms in total. The van der Waals surface area contributed by atoms with Gasteiger partial charge in [-0.05, 0) is 44.2 Å². The van der Waals surface area contributed by atoms with Crippen molar-refractivity contribution in [1.82, 2.24) is 9.97 Å². The van der Waals surface area contributed by atoms with E-state index < -0.39 is 0 Å². The van der Waals surface area contributed by atoms with Gasteiger partial charge in [-0.2, -0.15) is 4.39 Å². The molecule has 1 aliphatic heterocycles. The van der Waals surface area contributed by atoms with Gasteiger partial charge in [0.25, 0.3) is 0 Å². The van der Waals surface area contributed by atoms with Crippen LogP contribution in [0, 0.1) is 5.82 Å². The number of anilines is 2. The number of hydrogen-bond donors (Lipinski definition) is 1. The number of benzene rings is 1. The molecular formula is C20H25FN4. The molecule has 1 fully saturated rings. The fraction of sp³-hybridized carbons (Fsp3) is 0.400. The van der Waals surface area contributed by atoms with E-state index in [-0.39, 0.29) is 11.6 Å². The Bertz CT molecular complexity index is 742. The van der Waals surface area contributed by atoms with Crippen LogP contribution in [-0.4, -0.2) is 22.6 Å². The molecule has 132 valence electrons. The first-order valence-electron chi connectivity index (χ1n) is 8.78. The Morgan fingerprint density at radius 1 is 1.28 bits per heavy atom. The summed E-state index contributed by atoms with van der Waals surface area (Å²) in [5.41, 5.74) is 3.45. The van der Waals surface area contributed by atoms with Crippen LogP contribution in [0.5, 0.6) is 0 Å². The molecule has 0 spiro atoms. The first-order chi connectivity index (χ1) is 12.0. The number of allylic oxidation sites excluding steroid dienone is 1. The van der Waals surface area contributed by atoms with E-state index >= 15 is 0 Å². The predicted octanol–water partition coefficient (Wildman–Crippen LogP) is 4.34. The summed E-state index contributed by atoms with van der Waals surface area (Å²) >= 11 is 0. The molecule has 3 rings (SSSR count). The minimum Gasteiger partial charge on any atom is -0.363 e. The highest BCUT2D eigenvalue weighted by atomic mass is 19.1. The zero-order chi connectivity index (χ0) is 17.8. The van der Waals surface area contributed by atoms with Crippen LogP contribution >= 0.6 is 0 Å². The number of halogens is 1. The zero-order valence-electron chi connectivity index (χ0n) is 14.9. The van der Waals surface area contributed by atoms with Gasteiger partial charge in [0.1, 0.15) is 6.33 Å². The highest BCUT2D eigenvalue weighted by Gasteiger charge is 2.25. The smallest absolute Gasteiger partial charge is 0.207 e. The van der Waals surface area contributed by atoms with Gasteiger partial charge in [-0.1, -0.05) is 36.4 Å². The quantitative estimate of drug-likeness (QED) is 0.795. The van der Waals surface area contributed by atoms with Gasteiger partial charge in [0.05, 0.1) is 0 Å². The fourth-order valence-corrected chi connectivity index (χ4v) is 3.24. The summed E-state index contributed by atoms with van der Waals surface area (Å²) in [5, 5.41) is 3.10. The van der Waals surface area contributed by atoms with Gasteiger partial charge in [0, 0.05) is 19.1 Å². The van der Waals surface area contributed by atoms with Crippen LogP contribution in [0.1, 0.15) is 37.8 Å². The van der Waals surface area contributed by atoms with E-state index in [1.54, 1.807) is 0 Å². The largest absolute Gasteiger partial charge is 0.363 e. The molecule has 1 aromatic heterocycles. The lowest BCUT2D eigenvalue weighted by atomic mass is 10.1. The van der Waals surface area contributed by atoms with Crippen LogP contribution in [-0.2, 0) is 13.0 Å². The molecule has 0 bridgehead atoms. The molecule has 1 saturated heterocycles. The van der Waals surface area contributed by atoms with Crippen molar-refractivity contribution >= 4 is 11.6 Å². The third kappa shape index (κ3) is 4.16. The number of aromatic nitrogens is 2. The third-order valence-electron chi connectivity index (χ3n) is 4.58. The minimum absolute atomic E-state index is 0.259. The summed E-state index contributed by atoms with van der Waals surface area (Å²) in [7, 11) is 0. The number of nitrogens with zero attached hydrogens (tertiary/aromatic N) is 3. The molecule has 1 atom stereocenters. The van der Waals surface area contributed by atoms with Crippen molar-refractivity contribution in [3.63, 3.8) is 0 Å². The van der Waals surface area contributed by atoms with Gasteiger partial charge in [0.2, 0.25) is 5.82 Å². The van der Waals surface area contributed by atoms with E-state index in [0.29, 0.717) is 18.4 Å². The summed E-state index contributed by atoms with van der Waals surface area (Å²) in [4.78, 5) is 10.3. The molecule has 5 heteroatoms. The van der Waals surface area contributed by atoms with Crippen molar-refractivity contribution < 1.29 is 4.39 Å². The first kappa shape index (κ1) is 17.4. The molecule has 0 unspecified atom stereocenters. The lowest BCUT2D eigenvalue weighted by Crippen LogP contribution is -2.28. The van der Waals surface area contributed by atoms with Crippen LogP contribution in [0.3, 0.4) is 0 Å². The van der Waals surface area contributed by atoms with Gasteiger partial charge in [-0.15, -0.1) is 0 Å². The predicted molar refractivity (Wildman–Crippen MR) is 100 cm³/mol. The summed E-state index contributed by atoms with van der Waals surface area (Å²) in [6.07, 6.45) is 4.46. The molecule has 0 aliphatic carbocycles. The molecule has 1 N–H and O–H groups in total. The van der Waals surface area contributed by atoms with Crippen molar-refractivity contribution in [2.24, 2.45) is 0 Å². The Kier molecular flexibility index (Phi) is 5.31. The van der Waals surface area contributed by atoms with E-state index in [1.807, 2.05) is 24.0 Å². The Balaban J connectivity index is 1.68. The average Bonchev–Trinajstić information content (AvgIpc) is 3.01. The van der Waals surface area contributed by atoms with E-state index in [1.165, 1.54) is 11.9 Å². The highest BCUT2D eigenvalue weighted by Crippen LogP contribution is 2.28. The van der Waals surface area contributed by atoms with Gasteiger partial charge in [-0.3, -0.25) is 0 Å². The maximum atomic E-state index is 14.8. The highest BCUT2D eigenvalue weighted by molar-refractivity contribution is 5.52. The van der Waals surface area contributed by atoms with Gasteiger partial charge < -0.3 is 10.2 Å². The molecular weight excluding hydrogens is 315 g/mol. The minimum atomic E-state index is -0.366. The van der Waals surface area contributed by atoms with E-state index in [9.17, 15) is 4.39 Å². The summed E-state index contributed by atoms with van der Waals surface area (Å²) in [6.45, 7) is 9.43. The van der Waals surface area contributed by atoms with Crippen LogP contribution in [0.4, 0.5) is 16.0 Å². The first-order valence-corrected chi connectivity index (χ1v) is 8.78. The lowest BCUT2D eigenvalue weighted by molar-refractivity contribution is 0.600. The Morgan fingerprint density at radius 3 is 2.64 bits per heavy atom. The van der Waals surface area contributed by atoms with E-state index in [2.05, 4.69) is 40.9 Å². The van der Waals surface area contributed by atoms with Crippen molar-refractivity contribution in [2.45, 2.75) is 45.7 Å². The Labute approximate surface area is 148 Å². The molecule has 2 aromatic rings. The summed E-state index contributed by atoms with van der Waals surface area (Å²) < 4.78 is 14.8. The second-order valence-corrected chi connectivity index (χ2v) is 6.85. The van der Waals surface area contributed by atoms with E-state index in [4.69, 9.17) is 0 Å². The maximum absolute atomic E-state index is 14.8. The lowest BCUT2D eigenvalue weighted by Gasteiger charge is -2.23. The van der Waals surface area contributed by atoms with Gasteiger partial charge >= 0.3 is 0 Å². The van der Waals surface area contributed by atoms with Crippen LogP contribution < -0.4 is 10.2 Å². The molecule has 1 aliphatic rings. The van der Waals surface area contributed by atoms with Crippen molar-refractivity contribution in [3.05, 3.63) is 59.7 Å². The fourth-order valence-electron chi connectivity index (χ4n) is 3.24. The van der Waals surface area contributed by atoms with Crippen LogP contribution in [0.25, 0.3) is 0 Å². The second kappa shape index (κ2) is 7.64. The van der Waals surface area contributed by atoms with E-state index in [0.717, 1.165) is 36.9 Å². The second-order valence-electron chi connectivity index (χ2n) is 6.85. The molecule has 0 radical (unpaired) electrons. The molecule has 0 saturated carbocycles. The zero-order valence-corrected chi connectivity index (χ0v) is 14.9. The summed E-state index contributed by atoms with van der Waals surface area (Å²) in [5.74, 6) is 0.296. The van der Waals surface area contributed by atoms with Crippen molar-refractivity contribution in [3.8, 4) is 0 Å². The topological polar surface area (TPSA) is 41.1 Å².